The summed E-state index contributed by atoms with van der Waals surface area (Å²) in [7, 11) is 2.00. The number of thioether (sulfide) groups is 1. The molecule has 2 aromatic carbocycles. The van der Waals surface area contributed by atoms with Crippen LogP contribution in [0.2, 0.25) is 0 Å². The summed E-state index contributed by atoms with van der Waals surface area (Å²) in [6.07, 6.45) is 2.20. The van der Waals surface area contributed by atoms with Crippen molar-refractivity contribution in [2.45, 2.75) is 30.7 Å². The Balaban J connectivity index is 1.39. The SMILES string of the molecule is CCCCOc1ccc(-c2nnc(SCc3csc(-c4ccccc4)n3)n2C)cc1. The largest absolute Gasteiger partial charge is 0.494 e. The molecule has 7 heteroatoms. The second kappa shape index (κ2) is 9.91. The van der Waals surface area contributed by atoms with Crippen molar-refractivity contribution >= 4 is 23.1 Å². The molecule has 2 heterocycles. The summed E-state index contributed by atoms with van der Waals surface area (Å²) >= 11 is 3.32. The summed E-state index contributed by atoms with van der Waals surface area (Å²) in [4.78, 5) is 4.76. The van der Waals surface area contributed by atoms with Crippen molar-refractivity contribution in [1.82, 2.24) is 19.7 Å². The summed E-state index contributed by atoms with van der Waals surface area (Å²) in [5.41, 5.74) is 3.24. The Labute approximate surface area is 185 Å². The highest BCUT2D eigenvalue weighted by Crippen LogP contribution is 2.29. The van der Waals surface area contributed by atoms with Crippen LogP contribution in [0.3, 0.4) is 0 Å². The number of unbranched alkanes of at least 4 members (excludes halogenated alkanes) is 1. The predicted molar refractivity (Wildman–Crippen MR) is 124 cm³/mol. The van der Waals surface area contributed by atoms with Gasteiger partial charge in [-0.25, -0.2) is 4.98 Å². The summed E-state index contributed by atoms with van der Waals surface area (Å²) in [6, 6.07) is 18.3. The molecule has 0 radical (unpaired) electrons. The minimum Gasteiger partial charge on any atom is -0.494 e. The number of aromatic nitrogens is 4. The highest BCUT2D eigenvalue weighted by Gasteiger charge is 2.13. The molecule has 30 heavy (non-hydrogen) atoms. The van der Waals surface area contributed by atoms with Crippen LogP contribution in [0.4, 0.5) is 0 Å². The van der Waals surface area contributed by atoms with E-state index in [0.717, 1.165) is 63.8 Å². The number of ether oxygens (including phenoxy) is 1. The zero-order valence-corrected chi connectivity index (χ0v) is 18.7. The van der Waals surface area contributed by atoms with E-state index >= 15 is 0 Å². The zero-order chi connectivity index (χ0) is 20.8. The molecule has 0 spiro atoms. The molecule has 0 saturated heterocycles. The van der Waals surface area contributed by atoms with E-state index in [1.807, 2.05) is 54.1 Å². The molecule has 0 N–H and O–H groups in total. The maximum Gasteiger partial charge on any atom is 0.191 e. The number of hydrogen-bond acceptors (Lipinski definition) is 6. The Morgan fingerprint density at radius 1 is 1.00 bits per heavy atom. The van der Waals surface area contributed by atoms with Gasteiger partial charge in [0.25, 0.3) is 0 Å². The molecule has 4 aromatic rings. The first-order chi connectivity index (χ1) is 14.7. The van der Waals surface area contributed by atoms with Crippen LogP contribution in [-0.4, -0.2) is 26.4 Å². The molecule has 4 rings (SSSR count). The lowest BCUT2D eigenvalue weighted by molar-refractivity contribution is 0.309. The average Bonchev–Trinajstić information content (AvgIpc) is 3.40. The van der Waals surface area contributed by atoms with E-state index in [9.17, 15) is 0 Å². The van der Waals surface area contributed by atoms with E-state index in [1.165, 1.54) is 0 Å². The van der Waals surface area contributed by atoms with Gasteiger partial charge in [-0.2, -0.15) is 0 Å². The van der Waals surface area contributed by atoms with Crippen molar-refractivity contribution in [1.29, 1.82) is 0 Å². The quantitative estimate of drug-likeness (QED) is 0.235. The lowest BCUT2D eigenvalue weighted by Crippen LogP contribution is -1.97. The summed E-state index contributed by atoms with van der Waals surface area (Å²) in [6.45, 7) is 2.91. The predicted octanol–water partition coefficient (Wildman–Crippen LogP) is 6.08. The Morgan fingerprint density at radius 2 is 1.80 bits per heavy atom. The minimum atomic E-state index is 0.753. The molecule has 0 amide bonds. The Bertz CT molecular complexity index is 1070. The normalized spacial score (nSPS) is 11.0. The molecule has 0 aliphatic rings. The van der Waals surface area contributed by atoms with Gasteiger partial charge in [-0.05, 0) is 30.7 Å². The zero-order valence-electron chi connectivity index (χ0n) is 17.1. The van der Waals surface area contributed by atoms with Crippen molar-refractivity contribution in [2.24, 2.45) is 7.05 Å². The van der Waals surface area contributed by atoms with E-state index in [0.29, 0.717) is 0 Å². The second-order valence-corrected chi connectivity index (χ2v) is 8.69. The first kappa shape index (κ1) is 20.6. The van der Waals surface area contributed by atoms with Crippen LogP contribution < -0.4 is 4.74 Å². The lowest BCUT2D eigenvalue weighted by Gasteiger charge is -2.07. The third kappa shape index (κ3) is 4.91. The first-order valence-corrected chi connectivity index (χ1v) is 11.9. The molecule has 5 nitrogen and oxygen atoms in total. The number of benzene rings is 2. The van der Waals surface area contributed by atoms with Crippen LogP contribution in [0.25, 0.3) is 22.0 Å². The standard InChI is InChI=1S/C23H24N4OS2/c1-3-4-14-28-20-12-10-17(11-13-20)21-25-26-23(27(21)2)30-16-19-15-29-22(24-19)18-8-6-5-7-9-18/h5-13,15H,3-4,14,16H2,1-2H3. The highest BCUT2D eigenvalue weighted by atomic mass is 32.2. The molecule has 0 aliphatic carbocycles. The van der Waals surface area contributed by atoms with Crippen molar-refractivity contribution in [3.05, 3.63) is 65.7 Å². The average molecular weight is 437 g/mol. The highest BCUT2D eigenvalue weighted by molar-refractivity contribution is 7.98. The number of thiazole rings is 1. The van der Waals surface area contributed by atoms with Gasteiger partial charge in [0, 0.05) is 29.3 Å². The van der Waals surface area contributed by atoms with Crippen molar-refractivity contribution in [2.75, 3.05) is 6.61 Å². The van der Waals surface area contributed by atoms with Crippen LogP contribution in [0.15, 0.2) is 65.1 Å². The third-order valence-corrected chi connectivity index (χ3v) is 6.63. The Morgan fingerprint density at radius 3 is 2.57 bits per heavy atom. The monoisotopic (exact) mass is 436 g/mol. The molecule has 154 valence electrons. The molecule has 0 atom stereocenters. The van der Waals surface area contributed by atoms with Crippen LogP contribution in [0, 0.1) is 0 Å². The molecule has 0 bridgehead atoms. The van der Waals surface area contributed by atoms with Gasteiger partial charge >= 0.3 is 0 Å². The third-order valence-electron chi connectivity index (χ3n) is 4.64. The maximum atomic E-state index is 5.74. The Kier molecular flexibility index (Phi) is 6.81. The van der Waals surface area contributed by atoms with Gasteiger partial charge in [0.2, 0.25) is 0 Å². The van der Waals surface area contributed by atoms with Gasteiger partial charge in [-0.1, -0.05) is 55.4 Å². The number of nitrogens with zero attached hydrogens (tertiary/aromatic N) is 4. The smallest absolute Gasteiger partial charge is 0.191 e. The maximum absolute atomic E-state index is 5.74. The van der Waals surface area contributed by atoms with Crippen molar-refractivity contribution < 1.29 is 4.74 Å². The topological polar surface area (TPSA) is 52.8 Å². The van der Waals surface area contributed by atoms with Crippen molar-refractivity contribution in [3.63, 3.8) is 0 Å². The van der Waals surface area contributed by atoms with Crippen LogP contribution in [0.5, 0.6) is 5.75 Å². The summed E-state index contributed by atoms with van der Waals surface area (Å²) in [5.74, 6) is 2.50. The second-order valence-electron chi connectivity index (χ2n) is 6.89. The molecule has 0 fully saturated rings. The van der Waals surface area contributed by atoms with E-state index in [1.54, 1.807) is 23.1 Å². The first-order valence-electron chi connectivity index (χ1n) is 10.00. The van der Waals surface area contributed by atoms with E-state index in [-0.39, 0.29) is 0 Å². The lowest BCUT2D eigenvalue weighted by atomic mass is 10.2. The van der Waals surface area contributed by atoms with E-state index in [2.05, 4.69) is 34.6 Å². The van der Waals surface area contributed by atoms with Gasteiger partial charge in [0.1, 0.15) is 10.8 Å². The molecule has 0 saturated carbocycles. The molecular formula is C23H24N4OS2. The van der Waals surface area contributed by atoms with Crippen molar-refractivity contribution in [3.8, 4) is 27.7 Å². The van der Waals surface area contributed by atoms with Gasteiger partial charge in [-0.15, -0.1) is 21.5 Å². The molecule has 0 unspecified atom stereocenters. The fourth-order valence-electron chi connectivity index (χ4n) is 2.95. The number of rotatable bonds is 9. The fourth-order valence-corrected chi connectivity index (χ4v) is 4.69. The van der Waals surface area contributed by atoms with E-state index < -0.39 is 0 Å². The van der Waals surface area contributed by atoms with Gasteiger partial charge in [0.05, 0.1) is 12.3 Å². The fraction of sp³-hybridized carbons (Fsp3) is 0.261. The Hall–Kier alpha value is -2.64. The number of hydrogen-bond donors (Lipinski definition) is 0. The molecule has 0 aliphatic heterocycles. The molecular weight excluding hydrogens is 412 g/mol. The van der Waals surface area contributed by atoms with Crippen LogP contribution in [-0.2, 0) is 12.8 Å². The van der Waals surface area contributed by atoms with Crippen LogP contribution >= 0.6 is 23.1 Å². The van der Waals surface area contributed by atoms with Gasteiger partial charge < -0.3 is 9.30 Å². The van der Waals surface area contributed by atoms with E-state index in [4.69, 9.17) is 9.72 Å². The summed E-state index contributed by atoms with van der Waals surface area (Å²) in [5, 5.41) is 12.8. The van der Waals surface area contributed by atoms with Gasteiger partial charge in [0.15, 0.2) is 11.0 Å². The summed E-state index contributed by atoms with van der Waals surface area (Å²) < 4.78 is 7.77. The molecule has 2 aromatic heterocycles. The van der Waals surface area contributed by atoms with Gasteiger partial charge in [-0.3, -0.25) is 0 Å². The minimum absolute atomic E-state index is 0.753. The van der Waals surface area contributed by atoms with Crippen LogP contribution in [0.1, 0.15) is 25.5 Å².